The van der Waals surface area contributed by atoms with Gasteiger partial charge in [-0.05, 0) is 48.6 Å². The third kappa shape index (κ3) is 9.52. The lowest BCUT2D eigenvalue weighted by molar-refractivity contribution is -0.160. The number of alkyl halides is 3. The van der Waals surface area contributed by atoms with Crippen molar-refractivity contribution in [3.63, 3.8) is 0 Å². The second-order valence-electron chi connectivity index (χ2n) is 9.79. The summed E-state index contributed by atoms with van der Waals surface area (Å²) in [6, 6.07) is 0.609. The van der Waals surface area contributed by atoms with E-state index < -0.39 is 74.9 Å². The third-order valence-electron chi connectivity index (χ3n) is 6.25. The Morgan fingerprint density at radius 2 is 1.80 bits per heavy atom. The summed E-state index contributed by atoms with van der Waals surface area (Å²) in [5.74, 6) is -4.30. The first kappa shape index (κ1) is 31.4. The van der Waals surface area contributed by atoms with Crippen LogP contribution in [0.5, 0.6) is 0 Å². The summed E-state index contributed by atoms with van der Waals surface area (Å²) in [5, 5.41) is 17.6. The fourth-order valence-electron chi connectivity index (χ4n) is 4.09. The molecule has 1 aliphatic rings. The van der Waals surface area contributed by atoms with E-state index in [4.69, 9.17) is 0 Å². The van der Waals surface area contributed by atoms with Gasteiger partial charge in [-0.2, -0.15) is 13.2 Å². The molecule has 1 aromatic carbocycles. The van der Waals surface area contributed by atoms with Crippen LogP contribution < -0.4 is 16.0 Å². The zero-order valence-electron chi connectivity index (χ0n) is 21.7. The highest BCUT2D eigenvalue weighted by molar-refractivity contribution is 7.90. The number of hydrogen-bond donors (Lipinski definition) is 4. The summed E-state index contributed by atoms with van der Waals surface area (Å²) in [4.78, 5) is 29.6. The highest BCUT2D eigenvalue weighted by atomic mass is 32.2. The van der Waals surface area contributed by atoms with Crippen molar-refractivity contribution in [3.8, 4) is 0 Å². The third-order valence-corrected chi connectivity index (χ3v) is 7.86. The Balaban J connectivity index is 1.89. The molecule has 0 radical (unpaired) electrons. The predicted octanol–water partition coefficient (Wildman–Crippen LogP) is 2.32. The van der Waals surface area contributed by atoms with Gasteiger partial charge < -0.3 is 15.7 Å². The van der Waals surface area contributed by atoms with E-state index in [1.54, 1.807) is 6.92 Å². The quantitative estimate of drug-likeness (QED) is 0.249. The first-order valence-corrected chi connectivity index (χ1v) is 14.6. The minimum atomic E-state index is -4.99. The molecule has 1 aromatic heterocycles. The fraction of sp³-hybridized carbons (Fsp3) is 0.500. The van der Waals surface area contributed by atoms with Crippen LogP contribution in [0.15, 0.2) is 48.8 Å². The van der Waals surface area contributed by atoms with E-state index in [0.29, 0.717) is 6.42 Å². The average Bonchev–Trinajstić information content (AvgIpc) is 3.70. The van der Waals surface area contributed by atoms with Crippen LogP contribution >= 0.6 is 0 Å². The molecule has 0 aliphatic heterocycles. The van der Waals surface area contributed by atoms with Gasteiger partial charge in [0.05, 0.1) is 17.5 Å². The van der Waals surface area contributed by atoms with Gasteiger partial charge in [0.1, 0.15) is 17.9 Å². The lowest BCUT2D eigenvalue weighted by Crippen LogP contribution is -2.57. The van der Waals surface area contributed by atoms with Crippen LogP contribution in [0.2, 0.25) is 0 Å². The summed E-state index contributed by atoms with van der Waals surface area (Å²) in [6.07, 6.45) is -2.01. The molecule has 40 heavy (non-hydrogen) atoms. The molecular weight excluding hydrogens is 556 g/mol. The Hall–Kier alpha value is -3.10. The van der Waals surface area contributed by atoms with Gasteiger partial charge >= 0.3 is 6.18 Å². The van der Waals surface area contributed by atoms with Crippen molar-refractivity contribution >= 4 is 21.7 Å². The lowest BCUT2D eigenvalue weighted by atomic mass is 10.0. The molecule has 1 fully saturated rings. The first-order chi connectivity index (χ1) is 18.8. The molecule has 1 aliphatic carbocycles. The van der Waals surface area contributed by atoms with Crippen molar-refractivity contribution < 1.29 is 40.7 Å². The highest BCUT2D eigenvalue weighted by Crippen LogP contribution is 2.33. The number of hydrogen-bond acceptors (Lipinski definition) is 7. The standard InChI is InChI=1S/C26H32F4N4O5S/c1-2-4-20(22(35)25(37)32-19-10-11-19)34-24(36)21(15-40(38,39)14-16-5-3-12-31-13-16)33-23(26(28,29)30)17-6-8-18(27)9-7-17/h3,5-9,12-13,19-23,33,35H,2,4,10-11,14-15H2,1H3,(H,32,37)(H,34,36)/t20-,21-,22?,23-/m0/s1. The number of pyridine rings is 1. The van der Waals surface area contributed by atoms with Gasteiger partial charge in [-0.15, -0.1) is 0 Å². The molecule has 1 unspecified atom stereocenters. The lowest BCUT2D eigenvalue weighted by Gasteiger charge is -2.30. The van der Waals surface area contributed by atoms with Crippen molar-refractivity contribution in [2.24, 2.45) is 0 Å². The Morgan fingerprint density at radius 1 is 1.12 bits per heavy atom. The molecule has 9 nitrogen and oxygen atoms in total. The van der Waals surface area contributed by atoms with E-state index >= 15 is 0 Å². The smallest absolute Gasteiger partial charge is 0.381 e. The normalized spacial score (nSPS) is 16.9. The summed E-state index contributed by atoms with van der Waals surface area (Å²) in [7, 11) is -4.18. The zero-order chi connectivity index (χ0) is 29.5. The molecule has 0 bridgehead atoms. The molecule has 3 rings (SSSR count). The van der Waals surface area contributed by atoms with E-state index in [2.05, 4.69) is 20.9 Å². The van der Waals surface area contributed by atoms with Crippen LogP contribution in [0.3, 0.4) is 0 Å². The van der Waals surface area contributed by atoms with Crippen molar-refractivity contribution in [1.29, 1.82) is 0 Å². The van der Waals surface area contributed by atoms with Gasteiger partial charge in [-0.25, -0.2) is 12.8 Å². The van der Waals surface area contributed by atoms with Crippen molar-refractivity contribution in [3.05, 3.63) is 65.7 Å². The predicted molar refractivity (Wildman–Crippen MR) is 138 cm³/mol. The number of amides is 2. The molecule has 220 valence electrons. The SMILES string of the molecule is CCC[C@H](NC(=O)[C@H](CS(=O)(=O)Cc1cccnc1)N[C@@H](c1ccc(F)cc1)C(F)(F)F)C(O)C(=O)NC1CC1. The number of halogens is 4. The largest absolute Gasteiger partial charge is 0.407 e. The number of aliphatic hydroxyl groups is 1. The number of nitrogens with zero attached hydrogens (tertiary/aromatic N) is 1. The monoisotopic (exact) mass is 588 g/mol. The van der Waals surface area contributed by atoms with Crippen LogP contribution in [0, 0.1) is 5.82 Å². The van der Waals surface area contributed by atoms with E-state index in [0.717, 1.165) is 37.1 Å². The molecule has 4 atom stereocenters. The minimum Gasteiger partial charge on any atom is -0.381 e. The average molecular weight is 589 g/mol. The van der Waals surface area contributed by atoms with Gasteiger partial charge in [0.2, 0.25) is 5.91 Å². The van der Waals surface area contributed by atoms with Gasteiger partial charge in [0.15, 0.2) is 15.9 Å². The maximum absolute atomic E-state index is 14.1. The zero-order valence-corrected chi connectivity index (χ0v) is 22.5. The van der Waals surface area contributed by atoms with Crippen LogP contribution in [-0.4, -0.2) is 66.5 Å². The molecule has 14 heteroatoms. The van der Waals surface area contributed by atoms with E-state index in [1.807, 2.05) is 0 Å². The Labute approximate surface area is 229 Å². The summed E-state index contributed by atoms with van der Waals surface area (Å²) >= 11 is 0. The highest BCUT2D eigenvalue weighted by Gasteiger charge is 2.44. The molecule has 1 heterocycles. The molecule has 2 aromatic rings. The topological polar surface area (TPSA) is 137 Å². The first-order valence-electron chi connectivity index (χ1n) is 12.8. The number of aliphatic hydroxyl groups excluding tert-OH is 1. The number of aromatic nitrogens is 1. The Kier molecular flexibility index (Phi) is 10.6. The van der Waals surface area contributed by atoms with Crippen molar-refractivity contribution in [2.75, 3.05) is 5.75 Å². The Bertz CT molecular complexity index is 1240. The van der Waals surface area contributed by atoms with Gasteiger partial charge in [0, 0.05) is 18.4 Å². The molecule has 0 spiro atoms. The van der Waals surface area contributed by atoms with Gasteiger partial charge in [-0.3, -0.25) is 19.9 Å². The van der Waals surface area contributed by atoms with E-state index in [1.165, 1.54) is 24.5 Å². The van der Waals surface area contributed by atoms with Crippen LogP contribution in [0.4, 0.5) is 17.6 Å². The van der Waals surface area contributed by atoms with Crippen LogP contribution in [0.1, 0.15) is 49.8 Å². The summed E-state index contributed by atoms with van der Waals surface area (Å²) in [5.41, 5.74) is -0.172. The fourth-order valence-corrected chi connectivity index (χ4v) is 5.64. The van der Waals surface area contributed by atoms with Crippen molar-refractivity contribution in [2.45, 2.75) is 74.8 Å². The molecule has 2 amide bonds. The number of carbonyl (C=O) groups excluding carboxylic acids is 2. The minimum absolute atomic E-state index is 0.0876. The van der Waals surface area contributed by atoms with E-state index in [-0.39, 0.29) is 18.0 Å². The van der Waals surface area contributed by atoms with Gasteiger partial charge in [0.25, 0.3) is 5.91 Å². The molecule has 1 saturated carbocycles. The van der Waals surface area contributed by atoms with E-state index in [9.17, 15) is 40.7 Å². The summed E-state index contributed by atoms with van der Waals surface area (Å²) < 4.78 is 81.8. The molecule has 0 saturated heterocycles. The number of benzene rings is 1. The van der Waals surface area contributed by atoms with Crippen LogP contribution in [-0.2, 0) is 25.2 Å². The van der Waals surface area contributed by atoms with Gasteiger partial charge in [-0.1, -0.05) is 31.5 Å². The molecular formula is C26H32F4N4O5S. The molecule has 4 N–H and O–H groups in total. The van der Waals surface area contributed by atoms with Crippen molar-refractivity contribution in [1.82, 2.24) is 20.9 Å². The maximum atomic E-state index is 14.1. The second kappa shape index (κ2) is 13.5. The maximum Gasteiger partial charge on any atom is 0.407 e. The Morgan fingerprint density at radius 3 is 2.35 bits per heavy atom. The summed E-state index contributed by atoms with van der Waals surface area (Å²) in [6.45, 7) is 1.72. The number of sulfone groups is 1. The number of nitrogens with one attached hydrogen (secondary N) is 3. The number of carbonyl (C=O) groups is 2. The number of rotatable bonds is 14. The van der Waals surface area contributed by atoms with Crippen LogP contribution in [0.25, 0.3) is 0 Å². The second-order valence-corrected chi connectivity index (χ2v) is 11.9.